The second-order valence-corrected chi connectivity index (χ2v) is 2.28. The molecule has 0 saturated heterocycles. The summed E-state index contributed by atoms with van der Waals surface area (Å²) >= 11 is 4.73. The van der Waals surface area contributed by atoms with Gasteiger partial charge in [0.15, 0.2) is 5.92 Å². The molecule has 1 aliphatic heterocycles. The van der Waals surface area contributed by atoms with Crippen LogP contribution in [0.4, 0.5) is 0 Å². The number of thiocarbonyl (C=S) groups is 1. The third kappa shape index (κ3) is 1.04. The smallest absolute Gasteiger partial charge is 0.246 e. The number of hydrogen-bond donors (Lipinski definition) is 1. The summed E-state index contributed by atoms with van der Waals surface area (Å²) in [5.41, 5.74) is 0. The Hall–Kier alpha value is -1.21. The molecule has 0 saturated carbocycles. The lowest BCUT2D eigenvalue weighted by molar-refractivity contribution is -0.120. The maximum Gasteiger partial charge on any atom is 0.246 e. The number of nitrogens with zero attached hydrogens (tertiary/aromatic N) is 1. The predicted molar refractivity (Wildman–Crippen MR) is 39.0 cm³/mol. The normalized spacial score (nSPS) is 23.7. The van der Waals surface area contributed by atoms with E-state index in [0.29, 0.717) is 4.86 Å². The summed E-state index contributed by atoms with van der Waals surface area (Å²) in [6, 6.07) is 1.80. The highest BCUT2D eigenvalue weighted by atomic mass is 32.1. The van der Waals surface area contributed by atoms with Crippen molar-refractivity contribution >= 4 is 23.0 Å². The maximum atomic E-state index is 10.8. The van der Waals surface area contributed by atoms with Crippen LogP contribution in [0.15, 0.2) is 12.3 Å². The topological polar surface area (TPSA) is 52.9 Å². The SMILES string of the molecule is N#CC1C(=O)NC=CC1=S. The summed E-state index contributed by atoms with van der Waals surface area (Å²) in [6.07, 6.45) is 2.99. The molecule has 0 aromatic heterocycles. The predicted octanol–water partition coefficient (Wildman–Crippen LogP) is 0.140. The Balaban J connectivity index is 2.91. The molecule has 10 heavy (non-hydrogen) atoms. The van der Waals surface area contributed by atoms with Crippen LogP contribution in [0.1, 0.15) is 0 Å². The van der Waals surface area contributed by atoms with Gasteiger partial charge in [0.2, 0.25) is 5.91 Å². The molecule has 1 aliphatic rings. The van der Waals surface area contributed by atoms with Crippen molar-refractivity contribution in [1.29, 1.82) is 5.26 Å². The molecular formula is C6H4N2OS. The first-order valence-corrected chi connectivity index (χ1v) is 3.07. The van der Waals surface area contributed by atoms with Crippen LogP contribution >= 0.6 is 12.2 Å². The number of rotatable bonds is 0. The summed E-state index contributed by atoms with van der Waals surface area (Å²) in [6.45, 7) is 0. The average molecular weight is 152 g/mol. The van der Waals surface area contributed by atoms with Crippen LogP contribution < -0.4 is 5.32 Å². The van der Waals surface area contributed by atoms with Crippen LogP contribution in [0.3, 0.4) is 0 Å². The third-order valence-corrected chi connectivity index (χ3v) is 1.52. The molecule has 0 aliphatic carbocycles. The molecule has 0 spiro atoms. The molecule has 3 nitrogen and oxygen atoms in total. The molecule has 1 unspecified atom stereocenters. The van der Waals surface area contributed by atoms with Gasteiger partial charge in [-0.3, -0.25) is 4.79 Å². The second kappa shape index (κ2) is 2.58. The molecule has 1 amide bonds. The van der Waals surface area contributed by atoms with Crippen LogP contribution in [0.2, 0.25) is 0 Å². The number of nitriles is 1. The molecule has 50 valence electrons. The Morgan fingerprint density at radius 2 is 2.50 bits per heavy atom. The number of nitrogens with one attached hydrogen (secondary N) is 1. The zero-order chi connectivity index (χ0) is 7.56. The Bertz CT molecular complexity index is 251. The highest BCUT2D eigenvalue weighted by Gasteiger charge is 2.22. The third-order valence-electron chi connectivity index (χ3n) is 1.15. The maximum absolute atomic E-state index is 10.8. The fourth-order valence-corrected chi connectivity index (χ4v) is 0.865. The number of allylic oxidation sites excluding steroid dienone is 1. The van der Waals surface area contributed by atoms with E-state index in [4.69, 9.17) is 17.5 Å². The van der Waals surface area contributed by atoms with E-state index in [9.17, 15) is 4.79 Å². The lowest BCUT2D eigenvalue weighted by atomic mass is 10.0. The number of carbonyl (C=O) groups excluding carboxylic acids is 1. The van der Waals surface area contributed by atoms with E-state index in [1.807, 2.05) is 0 Å². The molecule has 0 bridgehead atoms. The van der Waals surface area contributed by atoms with Crippen LogP contribution in [0.5, 0.6) is 0 Å². The average Bonchev–Trinajstić information content (AvgIpc) is 1.88. The summed E-state index contributed by atoms with van der Waals surface area (Å²) in [5.74, 6) is -1.12. The Labute approximate surface area is 63.3 Å². The van der Waals surface area contributed by atoms with Crippen molar-refractivity contribution < 1.29 is 4.79 Å². The van der Waals surface area contributed by atoms with E-state index < -0.39 is 5.92 Å². The van der Waals surface area contributed by atoms with Gasteiger partial charge >= 0.3 is 0 Å². The first-order valence-electron chi connectivity index (χ1n) is 2.66. The molecule has 0 aromatic rings. The molecule has 1 atom stereocenters. The van der Waals surface area contributed by atoms with E-state index >= 15 is 0 Å². The fraction of sp³-hybridized carbons (Fsp3) is 0.167. The molecule has 4 heteroatoms. The standard InChI is InChI=1S/C6H4N2OS/c7-3-4-5(10)1-2-8-6(4)9/h1-2,4H,(H,8,9). The molecule has 0 fully saturated rings. The zero-order valence-electron chi connectivity index (χ0n) is 5.00. The van der Waals surface area contributed by atoms with Gasteiger partial charge in [0.1, 0.15) is 0 Å². The highest BCUT2D eigenvalue weighted by molar-refractivity contribution is 7.80. The summed E-state index contributed by atoms with van der Waals surface area (Å²) in [5, 5.41) is 10.8. The Kier molecular flexibility index (Phi) is 1.78. The van der Waals surface area contributed by atoms with E-state index in [1.165, 1.54) is 6.20 Å². The quantitative estimate of drug-likeness (QED) is 0.502. The minimum Gasteiger partial charge on any atom is -0.331 e. The van der Waals surface area contributed by atoms with Crippen molar-refractivity contribution in [2.24, 2.45) is 5.92 Å². The van der Waals surface area contributed by atoms with Crippen LogP contribution in [0.25, 0.3) is 0 Å². The second-order valence-electron chi connectivity index (χ2n) is 1.81. The zero-order valence-corrected chi connectivity index (χ0v) is 5.81. The first-order chi connectivity index (χ1) is 4.75. The molecule has 0 aromatic carbocycles. The van der Waals surface area contributed by atoms with Gasteiger partial charge in [-0.15, -0.1) is 0 Å². The molecular weight excluding hydrogens is 148 g/mol. The summed E-state index contributed by atoms with van der Waals surface area (Å²) < 4.78 is 0. The molecule has 0 radical (unpaired) electrons. The molecule has 1 N–H and O–H groups in total. The van der Waals surface area contributed by atoms with E-state index in [2.05, 4.69) is 5.32 Å². The van der Waals surface area contributed by atoms with Gasteiger partial charge in [-0.1, -0.05) is 12.2 Å². The highest BCUT2D eigenvalue weighted by Crippen LogP contribution is 2.04. The number of amides is 1. The monoisotopic (exact) mass is 152 g/mol. The largest absolute Gasteiger partial charge is 0.331 e. The summed E-state index contributed by atoms with van der Waals surface area (Å²) in [7, 11) is 0. The van der Waals surface area contributed by atoms with Crippen molar-refractivity contribution in [2.75, 3.05) is 0 Å². The Morgan fingerprint density at radius 3 is 2.90 bits per heavy atom. The lowest BCUT2D eigenvalue weighted by Crippen LogP contribution is -2.33. The molecule has 1 heterocycles. The van der Waals surface area contributed by atoms with Crippen molar-refractivity contribution in [2.45, 2.75) is 0 Å². The first kappa shape index (κ1) is 6.90. The van der Waals surface area contributed by atoms with Gasteiger partial charge in [-0.2, -0.15) is 5.26 Å². The van der Waals surface area contributed by atoms with Gasteiger partial charge in [-0.25, -0.2) is 0 Å². The van der Waals surface area contributed by atoms with Crippen LogP contribution in [-0.4, -0.2) is 10.8 Å². The van der Waals surface area contributed by atoms with Crippen molar-refractivity contribution in [3.63, 3.8) is 0 Å². The van der Waals surface area contributed by atoms with E-state index in [1.54, 1.807) is 12.1 Å². The van der Waals surface area contributed by atoms with Gasteiger partial charge < -0.3 is 5.32 Å². The number of carbonyl (C=O) groups is 1. The van der Waals surface area contributed by atoms with Gasteiger partial charge in [-0.05, 0) is 6.08 Å². The number of hydrogen-bond acceptors (Lipinski definition) is 3. The van der Waals surface area contributed by atoms with E-state index in [0.717, 1.165) is 0 Å². The Morgan fingerprint density at radius 1 is 1.80 bits per heavy atom. The van der Waals surface area contributed by atoms with Gasteiger partial charge in [0.25, 0.3) is 0 Å². The minimum atomic E-state index is -0.778. The lowest BCUT2D eigenvalue weighted by Gasteiger charge is -2.10. The summed E-state index contributed by atoms with van der Waals surface area (Å²) in [4.78, 5) is 11.1. The van der Waals surface area contributed by atoms with E-state index in [-0.39, 0.29) is 5.91 Å². The van der Waals surface area contributed by atoms with Crippen LogP contribution in [0, 0.1) is 17.2 Å². The molecule has 1 rings (SSSR count). The van der Waals surface area contributed by atoms with Crippen LogP contribution in [-0.2, 0) is 4.79 Å². The fourth-order valence-electron chi connectivity index (χ4n) is 0.637. The van der Waals surface area contributed by atoms with Crippen molar-refractivity contribution in [3.8, 4) is 6.07 Å². The van der Waals surface area contributed by atoms with Crippen molar-refractivity contribution in [3.05, 3.63) is 12.3 Å². The van der Waals surface area contributed by atoms with Gasteiger partial charge in [0, 0.05) is 11.1 Å². The van der Waals surface area contributed by atoms with Gasteiger partial charge in [0.05, 0.1) is 6.07 Å². The minimum absolute atomic E-state index is 0.338. The van der Waals surface area contributed by atoms with Crippen molar-refractivity contribution in [1.82, 2.24) is 5.32 Å².